The van der Waals surface area contributed by atoms with Crippen molar-refractivity contribution in [3.63, 3.8) is 0 Å². The Morgan fingerprint density at radius 1 is 1.12 bits per heavy atom. The number of rotatable bonds is 5. The topological polar surface area (TPSA) is 51.2 Å². The molecule has 134 valence electrons. The average Bonchev–Trinajstić information content (AvgIpc) is 2.97. The number of aryl methyl sites for hydroxylation is 3. The highest BCUT2D eigenvalue weighted by Gasteiger charge is 2.12. The van der Waals surface area contributed by atoms with E-state index < -0.39 is 0 Å². The molecule has 2 aromatic carbocycles. The van der Waals surface area contributed by atoms with Gasteiger partial charge in [0.25, 0.3) is 5.91 Å². The number of hydrogen-bond acceptors (Lipinski definition) is 4. The Labute approximate surface area is 165 Å². The third-order valence-electron chi connectivity index (χ3n) is 4.01. The molecule has 0 aliphatic heterocycles. The molecule has 0 unspecified atom stereocenters. The second-order valence-electron chi connectivity index (χ2n) is 6.01. The molecule has 0 bridgehead atoms. The summed E-state index contributed by atoms with van der Waals surface area (Å²) in [5, 5.41) is 3.39. The van der Waals surface area contributed by atoms with Gasteiger partial charge in [0.15, 0.2) is 11.7 Å². The van der Waals surface area contributed by atoms with E-state index in [2.05, 4.69) is 26.2 Å². The first-order valence-corrected chi connectivity index (χ1v) is 9.76. The average molecular weight is 431 g/mol. The third-order valence-corrected chi connectivity index (χ3v) is 5.42. The summed E-state index contributed by atoms with van der Waals surface area (Å²) in [5.74, 6) is 0.466. The lowest BCUT2D eigenvalue weighted by Gasteiger charge is -2.07. The Kier molecular flexibility index (Phi) is 5.74. The first-order chi connectivity index (χ1) is 12.4. The first kappa shape index (κ1) is 18.6. The van der Waals surface area contributed by atoms with Gasteiger partial charge < -0.3 is 4.74 Å². The Morgan fingerprint density at radius 3 is 2.54 bits per heavy atom. The third kappa shape index (κ3) is 4.51. The molecule has 0 aliphatic rings. The zero-order valence-electron chi connectivity index (χ0n) is 14.8. The highest BCUT2D eigenvalue weighted by atomic mass is 79.9. The summed E-state index contributed by atoms with van der Waals surface area (Å²) in [5.41, 5.74) is 4.24. The maximum atomic E-state index is 12.2. The number of thiazole rings is 1. The van der Waals surface area contributed by atoms with E-state index in [1.165, 1.54) is 16.9 Å². The Morgan fingerprint density at radius 2 is 1.85 bits per heavy atom. The predicted octanol–water partition coefficient (Wildman–Crippen LogP) is 5.52. The molecule has 0 saturated carbocycles. The molecular weight excluding hydrogens is 412 g/mol. The lowest BCUT2D eigenvalue weighted by molar-refractivity contribution is -0.118. The standard InChI is InChI=1S/C20H19BrN2O2S/c1-12-4-9-17(10-13(12)2)25-11-18(24)22-20-23-19(14(3)26-20)15-5-7-16(21)8-6-15/h4-10H,11H2,1-3H3,(H,22,23,24). The lowest BCUT2D eigenvalue weighted by Crippen LogP contribution is -2.20. The molecule has 0 aliphatic carbocycles. The number of halogens is 1. The highest BCUT2D eigenvalue weighted by molar-refractivity contribution is 9.10. The van der Waals surface area contributed by atoms with E-state index in [9.17, 15) is 4.79 Å². The summed E-state index contributed by atoms with van der Waals surface area (Å²) < 4.78 is 6.59. The van der Waals surface area contributed by atoms with Crippen molar-refractivity contribution in [3.05, 3.63) is 62.9 Å². The summed E-state index contributed by atoms with van der Waals surface area (Å²) in [6, 6.07) is 13.7. The minimum absolute atomic E-state index is 0.0469. The number of carbonyl (C=O) groups is 1. The van der Waals surface area contributed by atoms with Crippen LogP contribution in [-0.4, -0.2) is 17.5 Å². The SMILES string of the molecule is Cc1ccc(OCC(=O)Nc2nc(-c3ccc(Br)cc3)c(C)s2)cc1C. The quantitative estimate of drug-likeness (QED) is 0.579. The fraction of sp³-hybridized carbons (Fsp3) is 0.200. The van der Waals surface area contributed by atoms with Crippen LogP contribution < -0.4 is 10.1 Å². The van der Waals surface area contributed by atoms with Gasteiger partial charge in [-0.25, -0.2) is 4.98 Å². The number of benzene rings is 2. The number of aromatic nitrogens is 1. The van der Waals surface area contributed by atoms with E-state index in [1.807, 2.05) is 63.2 Å². The molecule has 6 heteroatoms. The van der Waals surface area contributed by atoms with Gasteiger partial charge in [-0.3, -0.25) is 10.1 Å². The largest absolute Gasteiger partial charge is 0.484 e. The van der Waals surface area contributed by atoms with Crippen LogP contribution in [0.2, 0.25) is 0 Å². The van der Waals surface area contributed by atoms with E-state index in [0.717, 1.165) is 26.2 Å². The molecule has 0 atom stereocenters. The van der Waals surface area contributed by atoms with Gasteiger partial charge in [0.2, 0.25) is 0 Å². The van der Waals surface area contributed by atoms with Crippen molar-refractivity contribution >= 4 is 38.3 Å². The van der Waals surface area contributed by atoms with Gasteiger partial charge in [0.05, 0.1) is 5.69 Å². The normalized spacial score (nSPS) is 10.6. The van der Waals surface area contributed by atoms with Gasteiger partial charge in [-0.1, -0.05) is 34.1 Å². The van der Waals surface area contributed by atoms with Crippen LogP contribution in [0.4, 0.5) is 5.13 Å². The van der Waals surface area contributed by atoms with Crippen molar-refractivity contribution in [1.82, 2.24) is 4.98 Å². The van der Waals surface area contributed by atoms with Crippen LogP contribution in [0.3, 0.4) is 0 Å². The minimum Gasteiger partial charge on any atom is -0.484 e. The molecule has 1 amide bonds. The van der Waals surface area contributed by atoms with Gasteiger partial charge in [0, 0.05) is 14.9 Å². The van der Waals surface area contributed by atoms with Crippen molar-refractivity contribution in [2.45, 2.75) is 20.8 Å². The number of ether oxygens (including phenoxy) is 1. The minimum atomic E-state index is -0.223. The van der Waals surface area contributed by atoms with Crippen molar-refractivity contribution in [3.8, 4) is 17.0 Å². The number of nitrogens with zero attached hydrogens (tertiary/aromatic N) is 1. The zero-order chi connectivity index (χ0) is 18.7. The number of nitrogens with one attached hydrogen (secondary N) is 1. The highest BCUT2D eigenvalue weighted by Crippen LogP contribution is 2.31. The van der Waals surface area contributed by atoms with Crippen molar-refractivity contribution < 1.29 is 9.53 Å². The Hall–Kier alpha value is -2.18. The molecule has 1 aromatic heterocycles. The summed E-state index contributed by atoms with van der Waals surface area (Å²) in [6.45, 7) is 6.01. The fourth-order valence-electron chi connectivity index (χ4n) is 2.43. The van der Waals surface area contributed by atoms with Gasteiger partial charge in [-0.15, -0.1) is 11.3 Å². The van der Waals surface area contributed by atoms with Gasteiger partial charge in [0.1, 0.15) is 5.75 Å². The van der Waals surface area contributed by atoms with Crippen molar-refractivity contribution in [2.75, 3.05) is 11.9 Å². The summed E-state index contributed by atoms with van der Waals surface area (Å²) in [7, 11) is 0. The van der Waals surface area contributed by atoms with Crippen molar-refractivity contribution in [1.29, 1.82) is 0 Å². The molecule has 0 fully saturated rings. The van der Waals surface area contributed by atoms with E-state index in [-0.39, 0.29) is 12.5 Å². The van der Waals surface area contributed by atoms with E-state index in [0.29, 0.717) is 10.9 Å². The molecule has 3 rings (SSSR count). The monoisotopic (exact) mass is 430 g/mol. The predicted molar refractivity (Wildman–Crippen MR) is 110 cm³/mol. The summed E-state index contributed by atoms with van der Waals surface area (Å²) in [4.78, 5) is 17.8. The number of carbonyl (C=O) groups excluding carboxylic acids is 1. The smallest absolute Gasteiger partial charge is 0.264 e. The zero-order valence-corrected chi connectivity index (χ0v) is 17.2. The molecule has 0 saturated heterocycles. The molecule has 3 aromatic rings. The Balaban J connectivity index is 1.63. The molecule has 1 N–H and O–H groups in total. The van der Waals surface area contributed by atoms with E-state index in [1.54, 1.807) is 0 Å². The second-order valence-corrected chi connectivity index (χ2v) is 8.13. The molecule has 1 heterocycles. The van der Waals surface area contributed by atoms with Crippen LogP contribution in [0.5, 0.6) is 5.75 Å². The van der Waals surface area contributed by atoms with Crippen molar-refractivity contribution in [2.24, 2.45) is 0 Å². The van der Waals surface area contributed by atoms with Crippen LogP contribution in [0, 0.1) is 20.8 Å². The first-order valence-electron chi connectivity index (χ1n) is 8.15. The number of amides is 1. The second kappa shape index (κ2) is 8.01. The lowest BCUT2D eigenvalue weighted by atomic mass is 10.1. The summed E-state index contributed by atoms with van der Waals surface area (Å²) >= 11 is 4.89. The molecule has 4 nitrogen and oxygen atoms in total. The molecular formula is C20H19BrN2O2S. The van der Waals surface area contributed by atoms with Crippen LogP contribution >= 0.6 is 27.3 Å². The number of hydrogen-bond donors (Lipinski definition) is 1. The molecule has 0 radical (unpaired) electrons. The van der Waals surface area contributed by atoms with Crippen LogP contribution in [-0.2, 0) is 4.79 Å². The van der Waals surface area contributed by atoms with E-state index >= 15 is 0 Å². The Bertz CT molecular complexity index is 935. The van der Waals surface area contributed by atoms with Gasteiger partial charge >= 0.3 is 0 Å². The van der Waals surface area contributed by atoms with Crippen LogP contribution in [0.15, 0.2) is 46.9 Å². The van der Waals surface area contributed by atoms with Gasteiger partial charge in [-0.2, -0.15) is 0 Å². The number of anilines is 1. The maximum Gasteiger partial charge on any atom is 0.264 e. The summed E-state index contributed by atoms with van der Waals surface area (Å²) in [6.07, 6.45) is 0. The maximum absolute atomic E-state index is 12.2. The molecule has 26 heavy (non-hydrogen) atoms. The van der Waals surface area contributed by atoms with Crippen LogP contribution in [0.25, 0.3) is 11.3 Å². The van der Waals surface area contributed by atoms with Crippen LogP contribution in [0.1, 0.15) is 16.0 Å². The molecule has 0 spiro atoms. The fourth-order valence-corrected chi connectivity index (χ4v) is 3.55. The van der Waals surface area contributed by atoms with Gasteiger partial charge in [-0.05, 0) is 56.2 Å². The van der Waals surface area contributed by atoms with E-state index in [4.69, 9.17) is 4.74 Å².